The first kappa shape index (κ1) is 25.0. The van der Waals surface area contributed by atoms with Gasteiger partial charge in [-0.05, 0) is 63.3 Å². The van der Waals surface area contributed by atoms with Gasteiger partial charge in [0.2, 0.25) is 0 Å². The molecule has 5 rings (SSSR count). The average Bonchev–Trinajstić information content (AvgIpc) is 3.39. The topological polar surface area (TPSA) is 100 Å². The molecular weight excluding hydrogens is 472 g/mol. The van der Waals surface area contributed by atoms with Crippen LogP contribution in [0.4, 0.5) is 5.69 Å². The summed E-state index contributed by atoms with van der Waals surface area (Å²) in [6.07, 6.45) is 17.4. The first-order valence-electron chi connectivity index (χ1n) is 12.6. The van der Waals surface area contributed by atoms with E-state index in [0.717, 1.165) is 55.9 Å². The number of H-pyrrole nitrogens is 2. The largest absolute Gasteiger partial charge is 0.358 e. The molecule has 8 heteroatoms. The van der Waals surface area contributed by atoms with Crippen molar-refractivity contribution < 1.29 is 0 Å². The predicted octanol–water partition coefficient (Wildman–Crippen LogP) is 4.71. The number of rotatable bonds is 9. The van der Waals surface area contributed by atoms with Gasteiger partial charge in [-0.3, -0.25) is 10.1 Å². The molecule has 0 radical (unpaired) electrons. The molecule has 0 aliphatic heterocycles. The van der Waals surface area contributed by atoms with Gasteiger partial charge in [-0.1, -0.05) is 31.9 Å². The third kappa shape index (κ3) is 5.06. The number of pyridine rings is 1. The Kier molecular flexibility index (Phi) is 6.79. The molecule has 4 aromatic heterocycles. The van der Waals surface area contributed by atoms with E-state index in [2.05, 4.69) is 50.2 Å². The van der Waals surface area contributed by atoms with Gasteiger partial charge in [-0.15, -0.1) is 0 Å². The fraction of sp³-hybridized carbons (Fsp3) is 0.200. The predicted molar refractivity (Wildman–Crippen MR) is 154 cm³/mol. The molecule has 1 fully saturated rings. The number of imidazole rings is 2. The van der Waals surface area contributed by atoms with Gasteiger partial charge in [0.25, 0.3) is 0 Å². The van der Waals surface area contributed by atoms with E-state index in [1.807, 2.05) is 68.2 Å². The van der Waals surface area contributed by atoms with Crippen molar-refractivity contribution >= 4 is 29.1 Å². The van der Waals surface area contributed by atoms with Gasteiger partial charge >= 0.3 is 0 Å². The number of aryl methyl sites for hydroxylation is 2. The van der Waals surface area contributed by atoms with Crippen LogP contribution in [-0.2, 0) is 0 Å². The maximum Gasteiger partial charge on any atom is 0.159 e. The maximum atomic E-state index is 4.94. The van der Waals surface area contributed by atoms with Gasteiger partial charge in [-0.25, -0.2) is 9.97 Å². The number of nitrogens with zero attached hydrogens (tertiary/aromatic N) is 5. The lowest BCUT2D eigenvalue weighted by Crippen LogP contribution is -2.23. The Morgan fingerprint density at radius 2 is 2.03 bits per heavy atom. The Morgan fingerprint density at radius 1 is 1.21 bits per heavy atom. The highest BCUT2D eigenvalue weighted by Gasteiger charge is 2.24. The maximum absolute atomic E-state index is 4.94. The van der Waals surface area contributed by atoms with Gasteiger partial charge in [0.1, 0.15) is 11.4 Å². The van der Waals surface area contributed by atoms with E-state index < -0.39 is 0 Å². The molecule has 1 aliphatic carbocycles. The standard InChI is InChI=1S/C30H32N8/c1-7-9-27(38-16-19(4)32-17-38)28-21(6)34-30(35-28)29-25(26(8-2)36-37-29)12-18(3)23-13-24(15-31-14-23)33-20(5)22-10-11-22/h7-9,12-17,22,33,36H,1,3,5,10-11H2,2,4,6H3,(H,34,35)/b25-12+,26-8+,27-9+. The van der Waals surface area contributed by atoms with Crippen molar-refractivity contribution in [3.8, 4) is 11.5 Å². The smallest absolute Gasteiger partial charge is 0.159 e. The van der Waals surface area contributed by atoms with Crippen LogP contribution >= 0.6 is 0 Å². The van der Waals surface area contributed by atoms with Crippen LogP contribution in [-0.4, -0.2) is 34.7 Å². The Hall–Kier alpha value is -4.72. The van der Waals surface area contributed by atoms with E-state index >= 15 is 0 Å². The molecular formula is C30H32N8. The van der Waals surface area contributed by atoms with Crippen molar-refractivity contribution in [1.82, 2.24) is 34.7 Å². The molecule has 38 heavy (non-hydrogen) atoms. The lowest BCUT2D eigenvalue weighted by Gasteiger charge is -2.09. The number of aromatic nitrogens is 7. The quantitative estimate of drug-likeness (QED) is 0.287. The molecule has 192 valence electrons. The van der Waals surface area contributed by atoms with Crippen molar-refractivity contribution in [3.05, 3.63) is 102 Å². The molecule has 1 saturated carbocycles. The van der Waals surface area contributed by atoms with Crippen LogP contribution in [0.15, 0.2) is 68.6 Å². The van der Waals surface area contributed by atoms with Crippen molar-refractivity contribution in [2.75, 3.05) is 5.32 Å². The molecule has 1 aliphatic rings. The highest BCUT2D eigenvalue weighted by atomic mass is 15.1. The lowest BCUT2D eigenvalue weighted by atomic mass is 10.1. The second-order valence-electron chi connectivity index (χ2n) is 9.51. The minimum absolute atomic E-state index is 0.561. The van der Waals surface area contributed by atoms with Crippen molar-refractivity contribution in [2.45, 2.75) is 33.6 Å². The summed E-state index contributed by atoms with van der Waals surface area (Å²) in [5.74, 6) is 1.22. The molecule has 3 N–H and O–H groups in total. The summed E-state index contributed by atoms with van der Waals surface area (Å²) in [5, 5.41) is 12.9. The highest BCUT2D eigenvalue weighted by molar-refractivity contribution is 5.88. The summed E-state index contributed by atoms with van der Waals surface area (Å²) in [7, 11) is 0. The van der Waals surface area contributed by atoms with Crippen LogP contribution in [0.1, 0.15) is 42.4 Å². The number of nitrogens with one attached hydrogen (secondary N) is 3. The van der Waals surface area contributed by atoms with Gasteiger partial charge in [-0.2, -0.15) is 5.10 Å². The summed E-state index contributed by atoms with van der Waals surface area (Å²) in [6, 6.07) is 2.04. The summed E-state index contributed by atoms with van der Waals surface area (Å²) in [5.41, 5.74) is 7.88. The number of aromatic amines is 2. The fourth-order valence-electron chi connectivity index (χ4n) is 4.35. The number of hydrogen-bond donors (Lipinski definition) is 3. The third-order valence-corrected chi connectivity index (χ3v) is 6.54. The van der Waals surface area contributed by atoms with E-state index in [9.17, 15) is 0 Å². The molecule has 0 aromatic carbocycles. The number of anilines is 1. The monoisotopic (exact) mass is 504 g/mol. The molecule has 4 heterocycles. The SMILES string of the molecule is C=C/C=C(\c1nc(-c2n[nH]c(=C/C)/c2=C\C(=C)c2cncc(NC(=C)C3CC3)c2)[nH]c1C)n1cnc(C)c1. The van der Waals surface area contributed by atoms with E-state index in [4.69, 9.17) is 4.98 Å². The number of allylic oxidation sites excluding steroid dienone is 4. The van der Waals surface area contributed by atoms with Gasteiger partial charge in [0, 0.05) is 34.6 Å². The lowest BCUT2D eigenvalue weighted by molar-refractivity contribution is 1.02. The van der Waals surface area contributed by atoms with Crippen molar-refractivity contribution in [1.29, 1.82) is 0 Å². The molecule has 0 saturated heterocycles. The van der Waals surface area contributed by atoms with E-state index in [1.54, 1.807) is 12.4 Å². The zero-order chi connectivity index (χ0) is 26.8. The highest BCUT2D eigenvalue weighted by Crippen LogP contribution is 2.36. The summed E-state index contributed by atoms with van der Waals surface area (Å²) >= 11 is 0. The minimum atomic E-state index is 0.561. The molecule has 0 spiro atoms. The summed E-state index contributed by atoms with van der Waals surface area (Å²) in [6.45, 7) is 18.3. The molecule has 0 bridgehead atoms. The molecule has 0 atom stereocenters. The zero-order valence-corrected chi connectivity index (χ0v) is 22.0. The Balaban J connectivity index is 1.52. The molecule has 0 amide bonds. The summed E-state index contributed by atoms with van der Waals surface area (Å²) in [4.78, 5) is 17.1. The van der Waals surface area contributed by atoms with E-state index in [-0.39, 0.29) is 0 Å². The van der Waals surface area contributed by atoms with Crippen LogP contribution in [0.2, 0.25) is 0 Å². The normalized spacial score (nSPS) is 14.7. The Bertz CT molecular complexity index is 1690. The molecule has 4 aromatic rings. The summed E-state index contributed by atoms with van der Waals surface area (Å²) < 4.78 is 1.94. The Morgan fingerprint density at radius 3 is 2.71 bits per heavy atom. The third-order valence-electron chi connectivity index (χ3n) is 6.54. The van der Waals surface area contributed by atoms with Crippen LogP contribution < -0.4 is 15.9 Å². The molecule has 8 nitrogen and oxygen atoms in total. The van der Waals surface area contributed by atoms with Crippen LogP contribution in [0.25, 0.3) is 34.9 Å². The van der Waals surface area contributed by atoms with Gasteiger partial charge in [0.15, 0.2) is 5.82 Å². The van der Waals surface area contributed by atoms with Gasteiger partial charge in [0.05, 0.1) is 35.0 Å². The average molecular weight is 505 g/mol. The first-order valence-corrected chi connectivity index (χ1v) is 12.6. The van der Waals surface area contributed by atoms with Crippen LogP contribution in [0.5, 0.6) is 0 Å². The van der Waals surface area contributed by atoms with E-state index in [0.29, 0.717) is 17.4 Å². The van der Waals surface area contributed by atoms with Gasteiger partial charge < -0.3 is 14.9 Å². The van der Waals surface area contributed by atoms with E-state index in [1.165, 1.54) is 12.8 Å². The molecule has 0 unspecified atom stereocenters. The minimum Gasteiger partial charge on any atom is -0.358 e. The Labute approximate surface area is 222 Å². The van der Waals surface area contributed by atoms with Crippen LogP contribution in [0, 0.1) is 19.8 Å². The number of hydrogen-bond acceptors (Lipinski definition) is 5. The zero-order valence-electron chi connectivity index (χ0n) is 22.0. The fourth-order valence-corrected chi connectivity index (χ4v) is 4.35. The first-order chi connectivity index (χ1) is 18.4. The second kappa shape index (κ2) is 10.3. The van der Waals surface area contributed by atoms with Crippen LogP contribution in [0.3, 0.4) is 0 Å². The van der Waals surface area contributed by atoms with Crippen molar-refractivity contribution in [2.24, 2.45) is 5.92 Å². The second-order valence-corrected chi connectivity index (χ2v) is 9.51. The van der Waals surface area contributed by atoms with Crippen molar-refractivity contribution in [3.63, 3.8) is 0 Å².